The quantitative estimate of drug-likeness (QED) is 0.457. The van der Waals surface area contributed by atoms with Crippen LogP contribution in [-0.2, 0) is 6.54 Å². The van der Waals surface area contributed by atoms with E-state index in [0.717, 1.165) is 12.1 Å². The normalized spacial score (nSPS) is 14.1. The Morgan fingerprint density at radius 3 is 2.57 bits per heavy atom. The van der Waals surface area contributed by atoms with Crippen molar-refractivity contribution in [3.8, 4) is 6.07 Å². The van der Waals surface area contributed by atoms with Gasteiger partial charge in [0.25, 0.3) is 0 Å². The molecule has 2 aromatic carbocycles. The lowest BCUT2D eigenvalue weighted by Gasteiger charge is -2.36. The molecule has 3 heterocycles. The Kier molecular flexibility index (Phi) is 6.08. The third-order valence-electron chi connectivity index (χ3n) is 5.90. The number of fused-ring (bicyclic) bond motifs is 1. The first kappa shape index (κ1) is 22.4. The van der Waals surface area contributed by atoms with E-state index < -0.39 is 11.6 Å². The number of aromatic amines is 1. The summed E-state index contributed by atoms with van der Waals surface area (Å²) in [5.41, 5.74) is 2.47. The Morgan fingerprint density at radius 1 is 1.00 bits per heavy atom. The summed E-state index contributed by atoms with van der Waals surface area (Å²) in [7, 11) is 0. The van der Waals surface area contributed by atoms with Gasteiger partial charge in [-0.25, -0.2) is 18.7 Å². The summed E-state index contributed by atoms with van der Waals surface area (Å²) in [4.78, 5) is 27.7. The van der Waals surface area contributed by atoms with E-state index in [1.54, 1.807) is 30.5 Å². The summed E-state index contributed by atoms with van der Waals surface area (Å²) in [5.74, 6) is 0.241. The number of piperazine rings is 1. The molecular weight excluding hydrogens is 452 g/mol. The van der Waals surface area contributed by atoms with Crippen molar-refractivity contribution in [1.82, 2.24) is 19.9 Å². The fourth-order valence-electron chi connectivity index (χ4n) is 4.07. The number of H-pyrrole nitrogens is 1. The number of hydrogen-bond acceptors (Lipinski definition) is 7. The minimum absolute atomic E-state index is 0.213. The molecule has 5 rings (SSSR count). The van der Waals surface area contributed by atoms with Crippen molar-refractivity contribution < 1.29 is 8.78 Å². The van der Waals surface area contributed by atoms with E-state index in [-0.39, 0.29) is 5.56 Å². The van der Waals surface area contributed by atoms with Crippen molar-refractivity contribution in [3.05, 3.63) is 87.8 Å². The number of nitriles is 1. The van der Waals surface area contributed by atoms with E-state index in [4.69, 9.17) is 9.97 Å². The molecule has 2 aromatic heterocycles. The lowest BCUT2D eigenvalue weighted by molar-refractivity contribution is 0.246. The van der Waals surface area contributed by atoms with Crippen LogP contribution >= 0.6 is 0 Å². The monoisotopic (exact) mass is 473 g/mol. The molecule has 0 aliphatic carbocycles. The number of anilines is 3. The fourth-order valence-corrected chi connectivity index (χ4v) is 4.07. The molecule has 10 heteroatoms. The van der Waals surface area contributed by atoms with Gasteiger partial charge in [0.15, 0.2) is 11.6 Å². The van der Waals surface area contributed by atoms with E-state index >= 15 is 0 Å². The van der Waals surface area contributed by atoms with Gasteiger partial charge < -0.3 is 15.2 Å². The lowest BCUT2D eigenvalue weighted by Crippen LogP contribution is -2.46. The first-order chi connectivity index (χ1) is 17.0. The number of nitrogens with one attached hydrogen (secondary N) is 2. The highest BCUT2D eigenvalue weighted by molar-refractivity contribution is 5.83. The van der Waals surface area contributed by atoms with Gasteiger partial charge in [-0.1, -0.05) is 0 Å². The van der Waals surface area contributed by atoms with Crippen LogP contribution in [0.1, 0.15) is 11.1 Å². The van der Waals surface area contributed by atoms with Crippen molar-refractivity contribution >= 4 is 28.4 Å². The Labute approximate surface area is 199 Å². The largest absolute Gasteiger partial charge is 0.351 e. The minimum atomic E-state index is -0.457. The van der Waals surface area contributed by atoms with Gasteiger partial charge in [-0.2, -0.15) is 5.26 Å². The van der Waals surface area contributed by atoms with Crippen LogP contribution in [0.15, 0.2) is 59.5 Å². The van der Waals surface area contributed by atoms with Crippen molar-refractivity contribution in [3.63, 3.8) is 0 Å². The SMILES string of the molecule is N#Cc1ccc2nc(Nc3ccc(=O)[nH]c3)c(N3CCN(Cc4cc(F)ccc4F)CC3)nc2c1. The zero-order valence-corrected chi connectivity index (χ0v) is 18.6. The molecule has 0 bridgehead atoms. The Bertz CT molecular complexity index is 1470. The van der Waals surface area contributed by atoms with Gasteiger partial charge in [-0.15, -0.1) is 0 Å². The highest BCUT2D eigenvalue weighted by atomic mass is 19.1. The summed E-state index contributed by atoms with van der Waals surface area (Å²) in [5, 5.41) is 12.5. The third-order valence-corrected chi connectivity index (χ3v) is 5.90. The van der Waals surface area contributed by atoms with Crippen LogP contribution < -0.4 is 15.8 Å². The topological polar surface area (TPSA) is 101 Å². The first-order valence-electron chi connectivity index (χ1n) is 11.1. The molecule has 4 aromatic rings. The van der Waals surface area contributed by atoms with Crippen LogP contribution in [-0.4, -0.2) is 46.0 Å². The van der Waals surface area contributed by atoms with E-state index in [2.05, 4.69) is 26.2 Å². The maximum Gasteiger partial charge on any atom is 0.248 e. The molecule has 8 nitrogen and oxygen atoms in total. The van der Waals surface area contributed by atoms with Crippen molar-refractivity contribution in [2.45, 2.75) is 6.54 Å². The molecule has 0 unspecified atom stereocenters. The van der Waals surface area contributed by atoms with Crippen LogP contribution in [0.2, 0.25) is 0 Å². The van der Waals surface area contributed by atoms with Crippen LogP contribution in [0.4, 0.5) is 26.1 Å². The smallest absolute Gasteiger partial charge is 0.248 e. The molecule has 1 fully saturated rings. The van der Waals surface area contributed by atoms with Crippen LogP contribution in [0.25, 0.3) is 11.0 Å². The average molecular weight is 473 g/mol. The molecule has 0 spiro atoms. The van der Waals surface area contributed by atoms with E-state index in [0.29, 0.717) is 72.2 Å². The van der Waals surface area contributed by atoms with Crippen LogP contribution in [0, 0.1) is 23.0 Å². The van der Waals surface area contributed by atoms with Crippen LogP contribution in [0.3, 0.4) is 0 Å². The molecule has 0 radical (unpaired) electrons. The van der Waals surface area contributed by atoms with Crippen molar-refractivity contribution in [2.75, 3.05) is 36.4 Å². The van der Waals surface area contributed by atoms with Gasteiger partial charge in [0, 0.05) is 50.6 Å². The highest BCUT2D eigenvalue weighted by Gasteiger charge is 2.23. The highest BCUT2D eigenvalue weighted by Crippen LogP contribution is 2.29. The van der Waals surface area contributed by atoms with Crippen molar-refractivity contribution in [1.29, 1.82) is 5.26 Å². The summed E-state index contributed by atoms with van der Waals surface area (Å²) in [6.07, 6.45) is 1.56. The Morgan fingerprint density at radius 2 is 1.83 bits per heavy atom. The van der Waals surface area contributed by atoms with Gasteiger partial charge in [0.05, 0.1) is 28.4 Å². The van der Waals surface area contributed by atoms with Crippen LogP contribution in [0.5, 0.6) is 0 Å². The zero-order chi connectivity index (χ0) is 24.4. The molecule has 1 aliphatic rings. The molecule has 0 saturated carbocycles. The summed E-state index contributed by atoms with van der Waals surface area (Å²) < 4.78 is 27.6. The molecule has 0 amide bonds. The van der Waals surface area contributed by atoms with Gasteiger partial charge in [0.1, 0.15) is 11.6 Å². The molecule has 2 N–H and O–H groups in total. The van der Waals surface area contributed by atoms with Gasteiger partial charge >= 0.3 is 0 Å². The van der Waals surface area contributed by atoms with E-state index in [1.807, 2.05) is 0 Å². The number of rotatable bonds is 5. The van der Waals surface area contributed by atoms with Gasteiger partial charge in [0.2, 0.25) is 5.56 Å². The summed E-state index contributed by atoms with van der Waals surface area (Å²) in [6.45, 7) is 2.73. The number of halogens is 2. The molecule has 35 heavy (non-hydrogen) atoms. The van der Waals surface area contributed by atoms with Gasteiger partial charge in [-0.05, 0) is 42.5 Å². The third kappa shape index (κ3) is 4.95. The molecular formula is C25H21F2N7O. The number of aromatic nitrogens is 3. The minimum Gasteiger partial charge on any atom is -0.351 e. The second kappa shape index (κ2) is 9.48. The first-order valence-corrected chi connectivity index (χ1v) is 11.1. The Balaban J connectivity index is 1.41. The van der Waals surface area contributed by atoms with E-state index in [1.165, 1.54) is 12.1 Å². The molecule has 1 aliphatic heterocycles. The number of pyridine rings is 1. The summed E-state index contributed by atoms with van der Waals surface area (Å²) >= 11 is 0. The van der Waals surface area contributed by atoms with Crippen molar-refractivity contribution in [2.24, 2.45) is 0 Å². The van der Waals surface area contributed by atoms with E-state index in [9.17, 15) is 18.8 Å². The van der Waals surface area contributed by atoms with Gasteiger partial charge in [-0.3, -0.25) is 9.69 Å². The molecule has 1 saturated heterocycles. The second-order valence-corrected chi connectivity index (χ2v) is 8.28. The number of benzene rings is 2. The fraction of sp³-hybridized carbons (Fsp3) is 0.200. The standard InChI is InChI=1S/C25H21F2N7O/c26-18-2-4-20(27)17(12-18)15-33-7-9-34(10-8-33)25-24(30-19-3-6-23(35)29-14-19)31-21-5-1-16(13-28)11-22(21)32-25/h1-6,11-12,14H,7-10,15H2,(H,29,35)(H,30,31). The predicted octanol–water partition coefficient (Wildman–Crippen LogP) is 3.53. The maximum atomic E-state index is 14.1. The zero-order valence-electron chi connectivity index (χ0n) is 18.6. The maximum absolute atomic E-state index is 14.1. The number of hydrogen-bond donors (Lipinski definition) is 2. The molecule has 176 valence electrons. The lowest BCUT2D eigenvalue weighted by atomic mass is 10.1. The predicted molar refractivity (Wildman–Crippen MR) is 128 cm³/mol. The summed E-state index contributed by atoms with van der Waals surface area (Å²) in [6, 6.07) is 13.8. The molecule has 0 atom stereocenters. The Hall–Kier alpha value is -4.36. The second-order valence-electron chi connectivity index (χ2n) is 8.28. The number of nitrogens with zero attached hydrogens (tertiary/aromatic N) is 5. The average Bonchev–Trinajstić information content (AvgIpc) is 2.87.